The summed E-state index contributed by atoms with van der Waals surface area (Å²) in [4.78, 5) is 8.68. The Balaban J connectivity index is 2.01. The molecule has 2 heterocycles. The van der Waals surface area contributed by atoms with Crippen LogP contribution < -0.4 is 4.90 Å². The molecule has 0 aromatic carbocycles. The van der Waals surface area contributed by atoms with E-state index in [1.807, 2.05) is 13.8 Å². The van der Waals surface area contributed by atoms with Gasteiger partial charge in [-0.05, 0) is 13.8 Å². The van der Waals surface area contributed by atoms with Crippen molar-refractivity contribution in [2.75, 3.05) is 37.6 Å². The van der Waals surface area contributed by atoms with Gasteiger partial charge in [0.05, 0.1) is 24.0 Å². The van der Waals surface area contributed by atoms with Crippen LogP contribution in [0.1, 0.15) is 11.4 Å². The monoisotopic (exact) mass is 232 g/mol. The SMILES string of the molecule is Cc1nnc(N2CCN(CC#N)CC2)nc1C. The molecule has 0 bridgehead atoms. The average molecular weight is 232 g/mol. The van der Waals surface area contributed by atoms with Crippen molar-refractivity contribution >= 4 is 5.95 Å². The second kappa shape index (κ2) is 5.06. The van der Waals surface area contributed by atoms with Crippen LogP contribution in [0.2, 0.25) is 0 Å². The maximum Gasteiger partial charge on any atom is 0.245 e. The maximum absolute atomic E-state index is 8.63. The van der Waals surface area contributed by atoms with E-state index < -0.39 is 0 Å². The summed E-state index contributed by atoms with van der Waals surface area (Å²) in [5, 5.41) is 16.8. The molecular formula is C11H16N6. The molecule has 0 saturated carbocycles. The van der Waals surface area contributed by atoms with Crippen LogP contribution in [0, 0.1) is 25.2 Å². The van der Waals surface area contributed by atoms with Crippen LogP contribution >= 0.6 is 0 Å². The first-order valence-electron chi connectivity index (χ1n) is 5.73. The fourth-order valence-electron chi connectivity index (χ4n) is 1.79. The third-order valence-corrected chi connectivity index (χ3v) is 3.03. The van der Waals surface area contributed by atoms with Gasteiger partial charge in [0.15, 0.2) is 0 Å². The zero-order valence-electron chi connectivity index (χ0n) is 10.2. The van der Waals surface area contributed by atoms with Gasteiger partial charge in [0.1, 0.15) is 0 Å². The highest BCUT2D eigenvalue weighted by molar-refractivity contribution is 5.30. The lowest BCUT2D eigenvalue weighted by Crippen LogP contribution is -2.47. The summed E-state index contributed by atoms with van der Waals surface area (Å²) in [6.07, 6.45) is 0. The van der Waals surface area contributed by atoms with Gasteiger partial charge in [-0.3, -0.25) is 4.90 Å². The molecule has 0 N–H and O–H groups in total. The zero-order valence-corrected chi connectivity index (χ0v) is 10.2. The van der Waals surface area contributed by atoms with Crippen LogP contribution in [0.5, 0.6) is 0 Å². The first-order chi connectivity index (χ1) is 8.20. The Hall–Kier alpha value is -1.74. The molecule has 0 unspecified atom stereocenters. The topological polar surface area (TPSA) is 68.9 Å². The number of nitriles is 1. The molecule has 17 heavy (non-hydrogen) atoms. The molecule has 90 valence electrons. The molecule has 0 spiro atoms. The van der Waals surface area contributed by atoms with E-state index in [1.54, 1.807) is 0 Å². The van der Waals surface area contributed by atoms with Gasteiger partial charge in [0.2, 0.25) is 5.95 Å². The van der Waals surface area contributed by atoms with Gasteiger partial charge in [-0.1, -0.05) is 0 Å². The lowest BCUT2D eigenvalue weighted by atomic mass is 10.3. The summed E-state index contributed by atoms with van der Waals surface area (Å²) in [5.74, 6) is 0.699. The minimum absolute atomic E-state index is 0.500. The second-order valence-corrected chi connectivity index (χ2v) is 4.20. The molecule has 0 amide bonds. The molecule has 1 aromatic rings. The molecule has 0 atom stereocenters. The summed E-state index contributed by atoms with van der Waals surface area (Å²) in [6, 6.07) is 2.17. The van der Waals surface area contributed by atoms with Crippen molar-refractivity contribution in [1.82, 2.24) is 20.1 Å². The van der Waals surface area contributed by atoms with E-state index in [4.69, 9.17) is 5.26 Å². The number of anilines is 1. The van der Waals surface area contributed by atoms with Crippen molar-refractivity contribution in [3.05, 3.63) is 11.4 Å². The summed E-state index contributed by atoms with van der Waals surface area (Å²) >= 11 is 0. The van der Waals surface area contributed by atoms with Gasteiger partial charge >= 0.3 is 0 Å². The summed E-state index contributed by atoms with van der Waals surface area (Å²) < 4.78 is 0. The molecule has 1 aliphatic heterocycles. The van der Waals surface area contributed by atoms with Crippen LogP contribution in [0.15, 0.2) is 0 Å². The normalized spacial score (nSPS) is 16.9. The Morgan fingerprint density at radius 3 is 2.41 bits per heavy atom. The molecule has 2 rings (SSSR count). The van der Waals surface area contributed by atoms with E-state index in [-0.39, 0.29) is 0 Å². The fraction of sp³-hybridized carbons (Fsp3) is 0.636. The molecule has 6 heteroatoms. The number of aryl methyl sites for hydroxylation is 2. The lowest BCUT2D eigenvalue weighted by molar-refractivity contribution is 0.285. The Bertz CT molecular complexity index is 430. The third kappa shape index (κ3) is 2.68. The first kappa shape index (κ1) is 11.7. The number of hydrogen-bond donors (Lipinski definition) is 0. The Morgan fingerprint density at radius 1 is 1.12 bits per heavy atom. The van der Waals surface area contributed by atoms with E-state index in [1.165, 1.54) is 0 Å². The molecule has 6 nitrogen and oxygen atoms in total. The number of hydrogen-bond acceptors (Lipinski definition) is 6. The van der Waals surface area contributed by atoms with Gasteiger partial charge in [-0.25, -0.2) is 4.98 Å². The molecule has 1 aliphatic rings. The van der Waals surface area contributed by atoms with Crippen molar-refractivity contribution < 1.29 is 0 Å². The Kier molecular flexibility index (Phi) is 3.49. The number of piperazine rings is 1. The van der Waals surface area contributed by atoms with Crippen molar-refractivity contribution in [3.8, 4) is 6.07 Å². The first-order valence-corrected chi connectivity index (χ1v) is 5.73. The van der Waals surface area contributed by atoms with Crippen molar-refractivity contribution in [2.24, 2.45) is 0 Å². The fourth-order valence-corrected chi connectivity index (χ4v) is 1.79. The molecular weight excluding hydrogens is 216 g/mol. The highest BCUT2D eigenvalue weighted by atomic mass is 15.4. The largest absolute Gasteiger partial charge is 0.337 e. The third-order valence-electron chi connectivity index (χ3n) is 3.03. The van der Waals surface area contributed by atoms with Crippen molar-refractivity contribution in [1.29, 1.82) is 5.26 Å². The summed E-state index contributed by atoms with van der Waals surface area (Å²) in [7, 11) is 0. The van der Waals surface area contributed by atoms with Crippen LogP contribution in [-0.2, 0) is 0 Å². The summed E-state index contributed by atoms with van der Waals surface area (Å²) in [5.41, 5.74) is 1.80. The Morgan fingerprint density at radius 2 is 1.82 bits per heavy atom. The van der Waals surface area contributed by atoms with Gasteiger partial charge in [-0.15, -0.1) is 5.10 Å². The number of nitrogens with zero attached hydrogens (tertiary/aromatic N) is 6. The van der Waals surface area contributed by atoms with Gasteiger partial charge in [-0.2, -0.15) is 10.4 Å². The average Bonchev–Trinajstić information content (AvgIpc) is 2.34. The van der Waals surface area contributed by atoms with Crippen LogP contribution in [0.25, 0.3) is 0 Å². The molecule has 1 saturated heterocycles. The van der Waals surface area contributed by atoms with Crippen LogP contribution in [0.4, 0.5) is 5.95 Å². The zero-order chi connectivity index (χ0) is 12.3. The van der Waals surface area contributed by atoms with E-state index in [0.717, 1.165) is 37.6 Å². The van der Waals surface area contributed by atoms with E-state index >= 15 is 0 Å². The van der Waals surface area contributed by atoms with E-state index in [2.05, 4.69) is 31.1 Å². The minimum atomic E-state index is 0.500. The molecule has 0 aliphatic carbocycles. The van der Waals surface area contributed by atoms with E-state index in [0.29, 0.717) is 12.5 Å². The van der Waals surface area contributed by atoms with Crippen molar-refractivity contribution in [3.63, 3.8) is 0 Å². The second-order valence-electron chi connectivity index (χ2n) is 4.20. The predicted molar refractivity (Wildman–Crippen MR) is 63.6 cm³/mol. The van der Waals surface area contributed by atoms with Gasteiger partial charge < -0.3 is 4.90 Å². The van der Waals surface area contributed by atoms with Gasteiger partial charge in [0.25, 0.3) is 0 Å². The Labute approximate surface area is 101 Å². The van der Waals surface area contributed by atoms with E-state index in [9.17, 15) is 0 Å². The smallest absolute Gasteiger partial charge is 0.245 e. The standard InChI is InChI=1S/C11H16N6/c1-9-10(2)14-15-11(13-9)17-7-5-16(4-3-12)6-8-17/h4-8H2,1-2H3. The van der Waals surface area contributed by atoms with Crippen LogP contribution in [0.3, 0.4) is 0 Å². The van der Waals surface area contributed by atoms with Crippen LogP contribution in [-0.4, -0.2) is 52.8 Å². The highest BCUT2D eigenvalue weighted by Crippen LogP contribution is 2.11. The molecule has 1 aromatic heterocycles. The lowest BCUT2D eigenvalue weighted by Gasteiger charge is -2.33. The summed E-state index contributed by atoms with van der Waals surface area (Å²) in [6.45, 7) is 7.81. The quantitative estimate of drug-likeness (QED) is 0.675. The maximum atomic E-state index is 8.63. The molecule has 0 radical (unpaired) electrons. The number of aromatic nitrogens is 3. The predicted octanol–water partition coefficient (Wildman–Crippen LogP) is 0.134. The molecule has 1 fully saturated rings. The highest BCUT2D eigenvalue weighted by Gasteiger charge is 2.19. The van der Waals surface area contributed by atoms with Gasteiger partial charge in [0, 0.05) is 26.2 Å². The minimum Gasteiger partial charge on any atom is -0.337 e. The van der Waals surface area contributed by atoms with Crippen molar-refractivity contribution in [2.45, 2.75) is 13.8 Å². The number of rotatable bonds is 2.